The number of H-pyrrole nitrogens is 1. The van der Waals surface area contributed by atoms with Gasteiger partial charge < -0.3 is 14.8 Å². The van der Waals surface area contributed by atoms with E-state index in [2.05, 4.69) is 60.9 Å². The predicted octanol–water partition coefficient (Wildman–Crippen LogP) is 3.45. The van der Waals surface area contributed by atoms with Gasteiger partial charge in [0.25, 0.3) is 0 Å². The van der Waals surface area contributed by atoms with Crippen LogP contribution in [-0.4, -0.2) is 73.4 Å². The molecule has 1 aliphatic heterocycles. The predicted molar refractivity (Wildman–Crippen MR) is 135 cm³/mol. The van der Waals surface area contributed by atoms with Gasteiger partial charge in [-0.15, -0.1) is 0 Å². The molecule has 5 aromatic rings. The molecule has 1 aliphatic rings. The molecular formula is C26H26N8O. The van der Waals surface area contributed by atoms with Crippen LogP contribution in [0.5, 0.6) is 0 Å². The number of fused-ring (bicyclic) bond motifs is 2. The van der Waals surface area contributed by atoms with Crippen molar-refractivity contribution in [1.82, 2.24) is 34.4 Å². The Morgan fingerprint density at radius 2 is 1.89 bits per heavy atom. The molecule has 0 atom stereocenters. The Labute approximate surface area is 202 Å². The van der Waals surface area contributed by atoms with Crippen molar-refractivity contribution in [2.45, 2.75) is 18.9 Å². The van der Waals surface area contributed by atoms with Crippen molar-refractivity contribution in [2.75, 3.05) is 32.1 Å². The van der Waals surface area contributed by atoms with Gasteiger partial charge in [0, 0.05) is 42.8 Å². The van der Waals surface area contributed by atoms with Crippen LogP contribution in [0.2, 0.25) is 0 Å². The van der Waals surface area contributed by atoms with Crippen LogP contribution in [0, 0.1) is 0 Å². The molecule has 1 saturated heterocycles. The summed E-state index contributed by atoms with van der Waals surface area (Å²) >= 11 is 0. The number of carbonyl (C=O) groups excluding carboxylic acids is 1. The van der Waals surface area contributed by atoms with E-state index >= 15 is 0 Å². The first-order valence-corrected chi connectivity index (χ1v) is 11.8. The second-order valence-electron chi connectivity index (χ2n) is 9.18. The fourth-order valence-electron chi connectivity index (χ4n) is 4.82. The third kappa shape index (κ3) is 3.93. The molecule has 176 valence electrons. The molecule has 0 aliphatic carbocycles. The number of aromatic nitrogens is 6. The summed E-state index contributed by atoms with van der Waals surface area (Å²) in [6.45, 7) is 2.04. The van der Waals surface area contributed by atoms with Crippen LogP contribution in [0.25, 0.3) is 27.9 Å². The number of hydrogen-bond acceptors (Lipinski definition) is 7. The second kappa shape index (κ2) is 8.59. The molecule has 1 fully saturated rings. The van der Waals surface area contributed by atoms with Crippen molar-refractivity contribution in [3.05, 3.63) is 72.7 Å². The van der Waals surface area contributed by atoms with Gasteiger partial charge in [-0.3, -0.25) is 14.3 Å². The highest BCUT2D eigenvalue weighted by Crippen LogP contribution is 2.26. The molecule has 1 N–H and O–H groups in total. The van der Waals surface area contributed by atoms with Crippen molar-refractivity contribution in [2.24, 2.45) is 0 Å². The second-order valence-corrected chi connectivity index (χ2v) is 9.18. The maximum Gasteiger partial charge on any atom is 0.228 e. The lowest BCUT2D eigenvalue weighted by Gasteiger charge is -2.36. The highest BCUT2D eigenvalue weighted by Gasteiger charge is 2.22. The van der Waals surface area contributed by atoms with E-state index in [0.29, 0.717) is 23.2 Å². The molecule has 0 amide bonds. The van der Waals surface area contributed by atoms with E-state index in [0.717, 1.165) is 53.7 Å². The first-order chi connectivity index (χ1) is 17.1. The van der Waals surface area contributed by atoms with E-state index in [9.17, 15) is 4.79 Å². The largest absolute Gasteiger partial charge is 0.371 e. The van der Waals surface area contributed by atoms with E-state index in [1.165, 1.54) is 0 Å². The molecule has 0 spiro atoms. The van der Waals surface area contributed by atoms with Crippen molar-refractivity contribution in [1.29, 1.82) is 0 Å². The van der Waals surface area contributed by atoms with Crippen molar-refractivity contribution >= 4 is 33.5 Å². The summed E-state index contributed by atoms with van der Waals surface area (Å²) in [6.07, 6.45) is 9.02. The summed E-state index contributed by atoms with van der Waals surface area (Å²) < 4.78 is 1.85. The van der Waals surface area contributed by atoms with E-state index in [4.69, 9.17) is 0 Å². The number of imidazole rings is 2. The zero-order valence-corrected chi connectivity index (χ0v) is 19.7. The molecule has 0 unspecified atom stereocenters. The molecule has 1 aromatic carbocycles. The SMILES string of the molecule is CN(C)C1CCN(c2ccc3nc(C(=O)c4ccnc(-n5cnc6cnccc65)c4)[nH]c3c2)CC1. The number of benzene rings is 1. The first kappa shape index (κ1) is 21.4. The fourth-order valence-corrected chi connectivity index (χ4v) is 4.82. The third-order valence-corrected chi connectivity index (χ3v) is 6.84. The fraction of sp³-hybridized carbons (Fsp3) is 0.269. The molecule has 9 nitrogen and oxygen atoms in total. The van der Waals surface area contributed by atoms with Crippen LogP contribution in [0.4, 0.5) is 5.69 Å². The summed E-state index contributed by atoms with van der Waals surface area (Å²) in [4.78, 5) is 38.8. The van der Waals surface area contributed by atoms with Crippen molar-refractivity contribution in [3.8, 4) is 5.82 Å². The van der Waals surface area contributed by atoms with Crippen LogP contribution in [0.15, 0.2) is 61.3 Å². The Balaban J connectivity index is 1.26. The lowest BCUT2D eigenvalue weighted by Crippen LogP contribution is -2.41. The van der Waals surface area contributed by atoms with Gasteiger partial charge in [-0.05, 0) is 63.3 Å². The van der Waals surface area contributed by atoms with Crippen LogP contribution in [-0.2, 0) is 0 Å². The highest BCUT2D eigenvalue weighted by molar-refractivity contribution is 6.08. The standard InChI is InChI=1S/C26H26N8O/c1-32(2)18-7-11-33(12-8-18)19-3-4-20-21(14-19)31-26(30-20)25(35)17-5-10-28-24(13-17)34-16-29-22-15-27-9-6-23(22)34/h3-6,9-10,13-16,18H,7-8,11-12H2,1-2H3,(H,30,31). The Morgan fingerprint density at radius 3 is 2.71 bits per heavy atom. The number of pyridine rings is 2. The summed E-state index contributed by atoms with van der Waals surface area (Å²) in [7, 11) is 4.30. The Kier molecular flexibility index (Phi) is 5.26. The molecule has 35 heavy (non-hydrogen) atoms. The van der Waals surface area contributed by atoms with Crippen molar-refractivity contribution < 1.29 is 4.79 Å². The number of aromatic amines is 1. The molecule has 6 rings (SSSR count). The van der Waals surface area contributed by atoms with Crippen LogP contribution in [0.3, 0.4) is 0 Å². The van der Waals surface area contributed by atoms with Gasteiger partial charge in [-0.2, -0.15) is 0 Å². The van der Waals surface area contributed by atoms with Crippen LogP contribution < -0.4 is 4.90 Å². The summed E-state index contributed by atoms with van der Waals surface area (Å²) in [5.41, 5.74) is 4.96. The van der Waals surface area contributed by atoms with E-state index in [1.807, 2.05) is 16.7 Å². The molecule has 5 heterocycles. The average Bonchev–Trinajstić information content (AvgIpc) is 3.52. The minimum Gasteiger partial charge on any atom is -0.371 e. The minimum atomic E-state index is -0.177. The quantitative estimate of drug-likeness (QED) is 0.396. The number of ketones is 1. The molecule has 0 saturated carbocycles. The lowest BCUT2D eigenvalue weighted by atomic mass is 10.0. The molecule has 0 bridgehead atoms. The number of nitrogens with one attached hydrogen (secondary N) is 1. The van der Waals surface area contributed by atoms with Gasteiger partial charge >= 0.3 is 0 Å². The van der Waals surface area contributed by atoms with Crippen LogP contribution in [0.1, 0.15) is 29.0 Å². The minimum absolute atomic E-state index is 0.177. The molecule has 0 radical (unpaired) electrons. The van der Waals surface area contributed by atoms with Gasteiger partial charge in [-0.25, -0.2) is 15.0 Å². The normalized spacial score (nSPS) is 14.9. The molecular weight excluding hydrogens is 440 g/mol. The number of anilines is 1. The number of rotatable bonds is 5. The number of carbonyl (C=O) groups is 1. The topological polar surface area (TPSA) is 95.8 Å². The number of nitrogens with zero attached hydrogens (tertiary/aromatic N) is 7. The maximum absolute atomic E-state index is 13.3. The highest BCUT2D eigenvalue weighted by atomic mass is 16.1. The lowest BCUT2D eigenvalue weighted by molar-refractivity contribution is 0.103. The molecule has 9 heteroatoms. The Hall–Kier alpha value is -4.11. The van der Waals surface area contributed by atoms with E-state index < -0.39 is 0 Å². The number of piperidine rings is 1. The first-order valence-electron chi connectivity index (χ1n) is 11.8. The number of hydrogen-bond donors (Lipinski definition) is 1. The monoisotopic (exact) mass is 466 g/mol. The zero-order valence-electron chi connectivity index (χ0n) is 19.7. The van der Waals surface area contributed by atoms with Gasteiger partial charge in [0.2, 0.25) is 5.78 Å². The Bertz CT molecular complexity index is 1530. The summed E-state index contributed by atoms with van der Waals surface area (Å²) in [5.74, 6) is 0.758. The summed E-state index contributed by atoms with van der Waals surface area (Å²) in [6, 6.07) is 12.2. The Morgan fingerprint density at radius 1 is 1.03 bits per heavy atom. The van der Waals surface area contributed by atoms with Crippen molar-refractivity contribution in [3.63, 3.8) is 0 Å². The third-order valence-electron chi connectivity index (χ3n) is 6.84. The average molecular weight is 467 g/mol. The smallest absolute Gasteiger partial charge is 0.228 e. The van der Waals surface area contributed by atoms with Gasteiger partial charge in [0.1, 0.15) is 17.7 Å². The van der Waals surface area contributed by atoms with Gasteiger partial charge in [0.05, 0.1) is 22.7 Å². The van der Waals surface area contributed by atoms with Gasteiger partial charge in [0.15, 0.2) is 5.82 Å². The van der Waals surface area contributed by atoms with Crippen LogP contribution >= 0.6 is 0 Å². The van der Waals surface area contributed by atoms with E-state index in [1.54, 1.807) is 37.1 Å². The maximum atomic E-state index is 13.3. The molecule has 4 aromatic heterocycles. The zero-order chi connectivity index (χ0) is 23.9. The van der Waals surface area contributed by atoms with E-state index in [-0.39, 0.29) is 5.78 Å². The summed E-state index contributed by atoms with van der Waals surface area (Å²) in [5, 5.41) is 0. The van der Waals surface area contributed by atoms with Gasteiger partial charge in [-0.1, -0.05) is 0 Å².